The van der Waals surface area contributed by atoms with E-state index < -0.39 is 5.97 Å². The third-order valence-corrected chi connectivity index (χ3v) is 3.68. The first-order valence-corrected chi connectivity index (χ1v) is 6.06. The summed E-state index contributed by atoms with van der Waals surface area (Å²) < 4.78 is 5.29. The third-order valence-electron chi connectivity index (χ3n) is 2.75. The van der Waals surface area contributed by atoms with Gasteiger partial charge in [0.05, 0.1) is 0 Å². The van der Waals surface area contributed by atoms with E-state index in [9.17, 15) is 4.79 Å². The molecule has 1 aromatic heterocycles. The summed E-state index contributed by atoms with van der Waals surface area (Å²) in [7, 11) is 1.96. The zero-order valence-corrected chi connectivity index (χ0v) is 9.87. The zero-order chi connectivity index (χ0) is 11.5. The minimum Gasteiger partial charge on any atom is -0.476 e. The minimum atomic E-state index is -0.970. The molecule has 0 saturated carbocycles. The molecule has 0 unspecified atom stereocenters. The Labute approximate surface area is 97.7 Å². The van der Waals surface area contributed by atoms with Crippen molar-refractivity contribution in [3.05, 3.63) is 11.1 Å². The van der Waals surface area contributed by atoms with Gasteiger partial charge in [-0.25, -0.2) is 9.78 Å². The molecule has 0 radical (unpaired) electrons. The molecule has 2 rings (SSSR count). The van der Waals surface area contributed by atoms with E-state index in [-0.39, 0.29) is 5.69 Å². The van der Waals surface area contributed by atoms with E-state index in [1.807, 2.05) is 7.05 Å². The number of hydrogen-bond acceptors (Lipinski definition) is 5. The van der Waals surface area contributed by atoms with Crippen LogP contribution in [0.4, 0.5) is 5.13 Å². The first kappa shape index (κ1) is 11.3. The van der Waals surface area contributed by atoms with Gasteiger partial charge in [0.15, 0.2) is 10.8 Å². The lowest BCUT2D eigenvalue weighted by molar-refractivity contribution is 0.0691. The Morgan fingerprint density at radius 1 is 1.62 bits per heavy atom. The third kappa shape index (κ3) is 2.33. The molecular weight excluding hydrogens is 228 g/mol. The number of carboxylic acid groups (broad SMARTS) is 1. The molecule has 88 valence electrons. The lowest BCUT2D eigenvalue weighted by Crippen LogP contribution is -2.36. The molecule has 1 N–H and O–H groups in total. The highest BCUT2D eigenvalue weighted by atomic mass is 32.1. The topological polar surface area (TPSA) is 62.7 Å². The molecular formula is C10H14N2O3S. The van der Waals surface area contributed by atoms with Crippen LogP contribution in [-0.4, -0.2) is 42.4 Å². The number of aromatic nitrogens is 1. The standard InChI is InChI=1S/C10H14N2O3S/c1-12(7-2-4-15-5-3-7)10-11-8(6-16-10)9(13)14/h6-7H,2-5H2,1H3,(H,13,14). The van der Waals surface area contributed by atoms with Crippen molar-refractivity contribution in [1.82, 2.24) is 4.98 Å². The summed E-state index contributed by atoms with van der Waals surface area (Å²) >= 11 is 1.37. The van der Waals surface area contributed by atoms with Gasteiger partial charge in [0.1, 0.15) is 0 Å². The van der Waals surface area contributed by atoms with Crippen LogP contribution in [0.25, 0.3) is 0 Å². The summed E-state index contributed by atoms with van der Waals surface area (Å²) in [5.74, 6) is -0.970. The molecule has 1 saturated heterocycles. The Morgan fingerprint density at radius 2 is 2.31 bits per heavy atom. The van der Waals surface area contributed by atoms with Gasteiger partial charge in [0, 0.05) is 31.7 Å². The fraction of sp³-hybridized carbons (Fsp3) is 0.600. The summed E-state index contributed by atoms with van der Waals surface area (Å²) in [4.78, 5) is 16.9. The van der Waals surface area contributed by atoms with Gasteiger partial charge in [-0.05, 0) is 12.8 Å². The van der Waals surface area contributed by atoms with Crippen LogP contribution in [0.1, 0.15) is 23.3 Å². The van der Waals surface area contributed by atoms with Crippen LogP contribution < -0.4 is 4.90 Å². The van der Waals surface area contributed by atoms with Crippen LogP contribution in [0.3, 0.4) is 0 Å². The van der Waals surface area contributed by atoms with Crippen LogP contribution in [0.2, 0.25) is 0 Å². The van der Waals surface area contributed by atoms with E-state index in [2.05, 4.69) is 9.88 Å². The second kappa shape index (κ2) is 4.80. The van der Waals surface area contributed by atoms with Gasteiger partial charge in [-0.2, -0.15) is 0 Å². The summed E-state index contributed by atoms with van der Waals surface area (Å²) in [6.45, 7) is 1.54. The second-order valence-corrected chi connectivity index (χ2v) is 4.61. The van der Waals surface area contributed by atoms with Crippen molar-refractivity contribution in [2.24, 2.45) is 0 Å². The Morgan fingerprint density at radius 3 is 2.88 bits per heavy atom. The van der Waals surface area contributed by atoms with Crippen molar-refractivity contribution in [1.29, 1.82) is 0 Å². The van der Waals surface area contributed by atoms with Gasteiger partial charge in [-0.15, -0.1) is 11.3 Å². The second-order valence-electron chi connectivity index (χ2n) is 3.77. The van der Waals surface area contributed by atoms with Gasteiger partial charge in [0.2, 0.25) is 0 Å². The summed E-state index contributed by atoms with van der Waals surface area (Å²) in [5.41, 5.74) is 0.124. The molecule has 0 aromatic carbocycles. The molecule has 1 aliphatic rings. The number of anilines is 1. The van der Waals surface area contributed by atoms with E-state index in [1.165, 1.54) is 11.3 Å². The molecule has 6 heteroatoms. The fourth-order valence-electron chi connectivity index (χ4n) is 1.75. The SMILES string of the molecule is CN(c1nc(C(=O)O)cs1)C1CCOCC1. The largest absolute Gasteiger partial charge is 0.476 e. The molecule has 5 nitrogen and oxygen atoms in total. The number of ether oxygens (including phenoxy) is 1. The molecule has 1 aromatic rings. The number of rotatable bonds is 3. The summed E-state index contributed by atoms with van der Waals surface area (Å²) in [6.07, 6.45) is 1.94. The quantitative estimate of drug-likeness (QED) is 0.869. The van der Waals surface area contributed by atoms with Gasteiger partial charge >= 0.3 is 5.97 Å². The van der Waals surface area contributed by atoms with Gasteiger partial charge in [-0.1, -0.05) is 0 Å². The average molecular weight is 242 g/mol. The predicted octanol–water partition coefficient (Wildman–Crippen LogP) is 1.46. The van der Waals surface area contributed by atoms with Crippen LogP contribution in [-0.2, 0) is 4.74 Å². The van der Waals surface area contributed by atoms with Gasteiger partial charge < -0.3 is 14.7 Å². The molecule has 1 fully saturated rings. The maximum Gasteiger partial charge on any atom is 0.355 e. The predicted molar refractivity (Wildman–Crippen MR) is 61.3 cm³/mol. The van der Waals surface area contributed by atoms with Crippen molar-refractivity contribution in [3.8, 4) is 0 Å². The van der Waals surface area contributed by atoms with E-state index in [1.54, 1.807) is 5.38 Å². The van der Waals surface area contributed by atoms with Crippen LogP contribution in [0.5, 0.6) is 0 Å². The fourth-order valence-corrected chi connectivity index (χ4v) is 2.59. The molecule has 0 aliphatic carbocycles. The number of carboxylic acids is 1. The first-order valence-electron chi connectivity index (χ1n) is 5.18. The number of thiazole rings is 1. The number of carbonyl (C=O) groups is 1. The Bertz CT molecular complexity index is 374. The van der Waals surface area contributed by atoms with E-state index in [0.717, 1.165) is 31.2 Å². The summed E-state index contributed by atoms with van der Waals surface area (Å²) in [5, 5.41) is 11.1. The Balaban J connectivity index is 2.07. The van der Waals surface area contributed by atoms with Crippen molar-refractivity contribution in [2.45, 2.75) is 18.9 Å². The highest BCUT2D eigenvalue weighted by molar-refractivity contribution is 7.13. The Kier molecular flexibility index (Phi) is 3.40. The lowest BCUT2D eigenvalue weighted by Gasteiger charge is -2.30. The van der Waals surface area contributed by atoms with Crippen molar-refractivity contribution in [3.63, 3.8) is 0 Å². The molecule has 1 aliphatic heterocycles. The normalized spacial score (nSPS) is 17.3. The summed E-state index contributed by atoms with van der Waals surface area (Å²) in [6, 6.07) is 0.404. The Hall–Kier alpha value is -1.14. The highest BCUT2D eigenvalue weighted by Crippen LogP contribution is 2.24. The molecule has 16 heavy (non-hydrogen) atoms. The van der Waals surface area contributed by atoms with Crippen LogP contribution in [0, 0.1) is 0 Å². The number of nitrogens with zero attached hydrogens (tertiary/aromatic N) is 2. The number of hydrogen-bond donors (Lipinski definition) is 1. The van der Waals surface area contributed by atoms with E-state index >= 15 is 0 Å². The molecule has 0 amide bonds. The van der Waals surface area contributed by atoms with E-state index in [4.69, 9.17) is 9.84 Å². The maximum atomic E-state index is 10.7. The molecule has 0 spiro atoms. The number of aromatic carboxylic acids is 1. The molecule has 0 atom stereocenters. The molecule has 0 bridgehead atoms. The smallest absolute Gasteiger partial charge is 0.355 e. The average Bonchev–Trinajstić information content (AvgIpc) is 2.78. The maximum absolute atomic E-state index is 10.7. The minimum absolute atomic E-state index is 0.124. The first-order chi connectivity index (χ1) is 7.68. The van der Waals surface area contributed by atoms with Crippen molar-refractivity contribution in [2.75, 3.05) is 25.2 Å². The zero-order valence-electron chi connectivity index (χ0n) is 9.05. The monoisotopic (exact) mass is 242 g/mol. The lowest BCUT2D eigenvalue weighted by atomic mass is 10.1. The van der Waals surface area contributed by atoms with Gasteiger partial charge in [0.25, 0.3) is 0 Å². The van der Waals surface area contributed by atoms with Crippen LogP contribution in [0.15, 0.2) is 5.38 Å². The molecule has 2 heterocycles. The van der Waals surface area contributed by atoms with Crippen molar-refractivity contribution < 1.29 is 14.6 Å². The van der Waals surface area contributed by atoms with Gasteiger partial charge in [-0.3, -0.25) is 0 Å². The van der Waals surface area contributed by atoms with E-state index in [0.29, 0.717) is 6.04 Å². The van der Waals surface area contributed by atoms with Crippen molar-refractivity contribution >= 4 is 22.4 Å². The van der Waals surface area contributed by atoms with Crippen LogP contribution >= 0.6 is 11.3 Å². The highest BCUT2D eigenvalue weighted by Gasteiger charge is 2.21.